The van der Waals surface area contributed by atoms with E-state index in [1.807, 2.05) is 0 Å². The average Bonchev–Trinajstić information content (AvgIpc) is 3.32. The van der Waals surface area contributed by atoms with E-state index in [2.05, 4.69) is 10.2 Å². The van der Waals surface area contributed by atoms with Gasteiger partial charge in [0.25, 0.3) is 5.91 Å². The van der Waals surface area contributed by atoms with Crippen molar-refractivity contribution in [3.8, 4) is 5.75 Å². The number of likely N-dealkylation sites (tertiary alicyclic amines) is 1. The third kappa shape index (κ3) is 3.87. The molecule has 0 spiro atoms. The normalized spacial score (nSPS) is 28.0. The molecule has 7 nitrogen and oxygen atoms in total. The van der Waals surface area contributed by atoms with Gasteiger partial charge < -0.3 is 25.6 Å². The molecule has 2 fully saturated rings. The molecule has 0 bridgehead atoms. The van der Waals surface area contributed by atoms with Crippen molar-refractivity contribution in [1.29, 1.82) is 0 Å². The Morgan fingerprint density at radius 2 is 2.26 bits per heavy atom. The second-order valence-corrected chi connectivity index (χ2v) is 7.96. The fourth-order valence-corrected chi connectivity index (χ4v) is 4.41. The highest BCUT2D eigenvalue weighted by Gasteiger charge is 2.32. The maximum absolute atomic E-state index is 12.8. The van der Waals surface area contributed by atoms with Gasteiger partial charge in [-0.15, -0.1) is 0 Å². The van der Waals surface area contributed by atoms with Crippen molar-refractivity contribution in [3.63, 3.8) is 0 Å². The van der Waals surface area contributed by atoms with E-state index in [0.29, 0.717) is 48.0 Å². The highest BCUT2D eigenvalue weighted by molar-refractivity contribution is 6.33. The zero-order chi connectivity index (χ0) is 19.0. The van der Waals surface area contributed by atoms with E-state index in [1.54, 1.807) is 6.07 Å². The summed E-state index contributed by atoms with van der Waals surface area (Å²) in [6, 6.07) is 1.25. The molecule has 2 saturated heterocycles. The number of ether oxygens (including phenoxy) is 2. The number of β-amino-alcohol motifs (C(OH)–C–C–N with tert-alkyl or cyclic N) is 1. The largest absolute Gasteiger partial charge is 0.492 e. The molecular weight excluding hydrogens is 370 g/mol. The van der Waals surface area contributed by atoms with E-state index in [9.17, 15) is 9.90 Å². The number of benzene rings is 1. The van der Waals surface area contributed by atoms with E-state index in [4.69, 9.17) is 26.8 Å². The minimum absolute atomic E-state index is 0.264. The topological polar surface area (TPSA) is 97.1 Å². The Labute approximate surface area is 163 Å². The van der Waals surface area contributed by atoms with Crippen molar-refractivity contribution < 1.29 is 19.4 Å². The van der Waals surface area contributed by atoms with Gasteiger partial charge in [0.05, 0.1) is 41.1 Å². The maximum atomic E-state index is 12.8. The Morgan fingerprint density at radius 3 is 3.00 bits per heavy atom. The number of hydrogen-bond acceptors (Lipinski definition) is 6. The van der Waals surface area contributed by atoms with Crippen LogP contribution in [0.25, 0.3) is 0 Å². The third-order valence-corrected chi connectivity index (χ3v) is 6.00. The number of piperidine rings is 1. The van der Waals surface area contributed by atoms with E-state index in [-0.39, 0.29) is 18.1 Å². The van der Waals surface area contributed by atoms with Gasteiger partial charge in [0.2, 0.25) is 0 Å². The van der Waals surface area contributed by atoms with E-state index in [0.717, 1.165) is 38.1 Å². The molecule has 3 aliphatic rings. The molecule has 0 saturated carbocycles. The molecule has 0 aromatic heterocycles. The number of hydrogen-bond donors (Lipinski definition) is 3. The summed E-state index contributed by atoms with van der Waals surface area (Å²) < 4.78 is 11.3. The number of nitrogens with two attached hydrogens (primary N) is 1. The number of nitrogen functional groups attached to an aromatic ring is 1. The lowest BCUT2D eigenvalue weighted by molar-refractivity contribution is 0.0106. The molecule has 3 heterocycles. The summed E-state index contributed by atoms with van der Waals surface area (Å²) in [5.41, 5.74) is 7.64. The van der Waals surface area contributed by atoms with Crippen molar-refractivity contribution in [2.45, 2.75) is 43.9 Å². The first-order chi connectivity index (χ1) is 13.0. The molecule has 3 unspecified atom stereocenters. The fourth-order valence-electron chi connectivity index (χ4n) is 4.19. The summed E-state index contributed by atoms with van der Waals surface area (Å²) in [6.45, 7) is 3.51. The average molecular weight is 396 g/mol. The van der Waals surface area contributed by atoms with Gasteiger partial charge in [0.1, 0.15) is 5.75 Å². The number of amides is 1. The lowest BCUT2D eigenvalue weighted by Crippen LogP contribution is -2.55. The molecule has 4 rings (SSSR count). The summed E-state index contributed by atoms with van der Waals surface area (Å²) in [5.74, 6) is 0.228. The van der Waals surface area contributed by atoms with Gasteiger partial charge in [-0.05, 0) is 25.3 Å². The van der Waals surface area contributed by atoms with E-state index >= 15 is 0 Å². The Balaban J connectivity index is 1.39. The number of aliphatic hydroxyl groups is 1. The van der Waals surface area contributed by atoms with Crippen LogP contribution in [0.15, 0.2) is 6.07 Å². The predicted molar refractivity (Wildman–Crippen MR) is 102 cm³/mol. The smallest absolute Gasteiger partial charge is 0.255 e. The fraction of sp³-hybridized carbons (Fsp3) is 0.632. The minimum Gasteiger partial charge on any atom is -0.492 e. The van der Waals surface area contributed by atoms with Crippen molar-refractivity contribution in [2.75, 3.05) is 38.6 Å². The minimum atomic E-state index is -0.623. The van der Waals surface area contributed by atoms with Crippen LogP contribution in [0.4, 0.5) is 5.69 Å². The molecule has 148 valence electrons. The van der Waals surface area contributed by atoms with Gasteiger partial charge in [-0.1, -0.05) is 11.6 Å². The van der Waals surface area contributed by atoms with Crippen molar-refractivity contribution >= 4 is 23.2 Å². The van der Waals surface area contributed by atoms with Gasteiger partial charge >= 0.3 is 0 Å². The van der Waals surface area contributed by atoms with Crippen LogP contribution in [0.5, 0.6) is 5.75 Å². The monoisotopic (exact) mass is 395 g/mol. The van der Waals surface area contributed by atoms with Crippen molar-refractivity contribution in [1.82, 2.24) is 10.2 Å². The number of carbonyl (C=O) groups is 1. The number of rotatable bonds is 4. The highest BCUT2D eigenvalue weighted by Crippen LogP contribution is 2.38. The first-order valence-corrected chi connectivity index (χ1v) is 9.97. The van der Waals surface area contributed by atoms with E-state index in [1.165, 1.54) is 0 Å². The quantitative estimate of drug-likeness (QED) is 0.663. The van der Waals surface area contributed by atoms with Crippen LogP contribution in [0.3, 0.4) is 0 Å². The molecule has 1 amide bonds. The molecular formula is C19H26ClN3O4. The highest BCUT2D eigenvalue weighted by atomic mass is 35.5. The van der Waals surface area contributed by atoms with Crippen LogP contribution in [0.1, 0.15) is 35.2 Å². The van der Waals surface area contributed by atoms with Crippen molar-refractivity contribution in [3.05, 3.63) is 22.2 Å². The van der Waals surface area contributed by atoms with Crippen LogP contribution in [0, 0.1) is 0 Å². The van der Waals surface area contributed by atoms with Crippen LogP contribution < -0.4 is 15.8 Å². The zero-order valence-corrected chi connectivity index (χ0v) is 16.0. The Morgan fingerprint density at radius 1 is 1.41 bits per heavy atom. The number of nitrogens with one attached hydrogen (secondary N) is 1. The molecule has 1 aromatic carbocycles. The second-order valence-electron chi connectivity index (χ2n) is 7.56. The summed E-state index contributed by atoms with van der Waals surface area (Å²) in [5, 5.41) is 13.8. The Bertz CT molecular complexity index is 723. The number of aliphatic hydroxyl groups excluding tert-OH is 1. The van der Waals surface area contributed by atoms with Crippen LogP contribution in [0.2, 0.25) is 5.02 Å². The van der Waals surface area contributed by atoms with Crippen molar-refractivity contribution in [2.24, 2.45) is 0 Å². The van der Waals surface area contributed by atoms with Gasteiger partial charge in [-0.2, -0.15) is 0 Å². The molecule has 0 aliphatic carbocycles. The molecule has 8 heteroatoms. The lowest BCUT2D eigenvalue weighted by Gasteiger charge is -2.37. The lowest BCUT2D eigenvalue weighted by atomic mass is 9.99. The molecule has 3 aliphatic heterocycles. The van der Waals surface area contributed by atoms with Gasteiger partial charge in [-0.3, -0.25) is 9.69 Å². The predicted octanol–water partition coefficient (Wildman–Crippen LogP) is 1.20. The number of anilines is 1. The summed E-state index contributed by atoms with van der Waals surface area (Å²) in [7, 11) is 0. The summed E-state index contributed by atoms with van der Waals surface area (Å²) >= 11 is 6.18. The van der Waals surface area contributed by atoms with Gasteiger partial charge in [-0.25, -0.2) is 0 Å². The SMILES string of the molecule is Nc1c(Cl)cc(C(=O)NC2CCN(CC3CCCO3)CC2O)c2c1CCO2. The van der Waals surface area contributed by atoms with Crippen LogP contribution in [-0.2, 0) is 11.2 Å². The maximum Gasteiger partial charge on any atom is 0.255 e. The Kier molecular flexibility index (Phi) is 5.45. The standard InChI is InChI=1S/C19H26ClN3O4/c20-14-8-13(18-12(17(14)21)4-7-27-18)19(25)22-15-3-5-23(10-16(15)24)9-11-2-1-6-26-11/h8,11,15-16,24H,1-7,9-10,21H2,(H,22,25). The third-order valence-electron chi connectivity index (χ3n) is 5.68. The zero-order valence-electron chi connectivity index (χ0n) is 15.2. The molecule has 4 N–H and O–H groups in total. The molecule has 27 heavy (non-hydrogen) atoms. The first-order valence-electron chi connectivity index (χ1n) is 9.59. The molecule has 3 atom stereocenters. The first kappa shape index (κ1) is 18.8. The van der Waals surface area contributed by atoms with Crippen LogP contribution in [-0.4, -0.2) is 67.0 Å². The summed E-state index contributed by atoms with van der Waals surface area (Å²) in [4.78, 5) is 15.0. The number of nitrogens with zero attached hydrogens (tertiary/aromatic N) is 1. The Hall–Kier alpha value is -1.54. The van der Waals surface area contributed by atoms with Gasteiger partial charge in [0.15, 0.2) is 0 Å². The number of halogens is 1. The van der Waals surface area contributed by atoms with Gasteiger partial charge in [0, 0.05) is 38.2 Å². The molecule has 0 radical (unpaired) electrons. The number of fused-ring (bicyclic) bond motifs is 1. The van der Waals surface area contributed by atoms with E-state index < -0.39 is 6.10 Å². The second kappa shape index (κ2) is 7.83. The number of carbonyl (C=O) groups excluding carboxylic acids is 1. The summed E-state index contributed by atoms with van der Waals surface area (Å²) in [6.07, 6.45) is 3.16. The molecule has 1 aromatic rings. The van der Waals surface area contributed by atoms with Crippen LogP contribution >= 0.6 is 11.6 Å².